The monoisotopic (exact) mass is 758 g/mol. The normalized spacial score (nSPS) is 11.8. The van der Waals surface area contributed by atoms with Gasteiger partial charge in [0, 0.05) is 64.3 Å². The fraction of sp³-hybridized carbons (Fsp3) is 0. The van der Waals surface area contributed by atoms with E-state index in [9.17, 15) is 0 Å². The van der Waals surface area contributed by atoms with Crippen molar-refractivity contribution in [3.8, 4) is 27.9 Å². The number of anilines is 3. The molecular weight excluding hydrogens is 725 g/mol. The Morgan fingerprint density at radius 3 is 1.95 bits per heavy atom. The summed E-state index contributed by atoms with van der Waals surface area (Å²) in [4.78, 5) is 2.44. The molecule has 3 aromatic heterocycles. The summed E-state index contributed by atoms with van der Waals surface area (Å²) < 4.78 is 11.5. The minimum Gasteiger partial charge on any atom is -0.455 e. The number of aromatic nitrogens is 1. The van der Waals surface area contributed by atoms with Gasteiger partial charge in [-0.2, -0.15) is 0 Å². The third-order valence-electron chi connectivity index (χ3n) is 11.6. The Morgan fingerprint density at radius 2 is 1.09 bits per heavy atom. The van der Waals surface area contributed by atoms with Crippen molar-refractivity contribution in [1.82, 2.24) is 4.57 Å². The second kappa shape index (κ2) is 13.1. The minimum atomic E-state index is 0.893. The first-order valence-electron chi connectivity index (χ1n) is 19.7. The van der Waals surface area contributed by atoms with Crippen LogP contribution in [0.2, 0.25) is 0 Å². The summed E-state index contributed by atoms with van der Waals surface area (Å²) in [5, 5.41) is 7.24. The average molecular weight is 759 g/mol. The fourth-order valence-electron chi connectivity index (χ4n) is 8.95. The number of nitrogens with zero attached hydrogens (tertiary/aromatic N) is 2. The summed E-state index contributed by atoms with van der Waals surface area (Å²) in [6.45, 7) is 0. The molecule has 9 aromatic carbocycles. The molecule has 3 heterocycles. The molecular formula is C54H34N2OS. The van der Waals surface area contributed by atoms with Gasteiger partial charge in [0.1, 0.15) is 11.2 Å². The molecule has 0 atom stereocenters. The van der Waals surface area contributed by atoms with E-state index in [-0.39, 0.29) is 0 Å². The number of furan rings is 1. The van der Waals surface area contributed by atoms with Gasteiger partial charge < -0.3 is 13.9 Å². The number of hydrogen-bond acceptors (Lipinski definition) is 3. The maximum Gasteiger partial charge on any atom is 0.143 e. The molecule has 272 valence electrons. The Labute approximate surface area is 338 Å². The molecule has 3 nitrogen and oxygen atoms in total. The number of benzene rings is 9. The largest absolute Gasteiger partial charge is 0.455 e. The standard InChI is InChI=1S/C54H34N2OS/c1-3-13-36(14-4-1)41-19-11-20-43-45-33-37(27-31-50(45)57-54(41)43)35-25-28-39(29-26-35)55(40-30-32-52-46(34-40)42-17-8-10-24-51(42)58-52)48-22-12-23-49-53(48)44-18-7-9-21-47(44)56(49)38-15-5-2-6-16-38/h1-34H. The lowest BCUT2D eigenvalue weighted by atomic mass is 10.00. The van der Waals surface area contributed by atoms with Crippen molar-refractivity contribution in [3.05, 3.63) is 206 Å². The molecule has 0 saturated carbocycles. The van der Waals surface area contributed by atoms with Crippen LogP contribution in [0.25, 0.3) is 91.9 Å². The van der Waals surface area contributed by atoms with Gasteiger partial charge in [-0.1, -0.05) is 127 Å². The van der Waals surface area contributed by atoms with Gasteiger partial charge in [-0.05, 0) is 95.6 Å². The molecule has 12 aromatic rings. The summed E-state index contributed by atoms with van der Waals surface area (Å²) in [6, 6.07) is 74.4. The van der Waals surface area contributed by atoms with Crippen LogP contribution in [0, 0.1) is 0 Å². The van der Waals surface area contributed by atoms with E-state index in [0.29, 0.717) is 0 Å². The molecule has 0 fully saturated rings. The number of para-hydroxylation sites is 3. The Hall–Kier alpha value is -7.40. The fourth-order valence-corrected chi connectivity index (χ4v) is 10.0. The molecule has 0 aliphatic carbocycles. The van der Waals surface area contributed by atoms with Crippen LogP contribution in [-0.4, -0.2) is 4.57 Å². The minimum absolute atomic E-state index is 0.893. The van der Waals surface area contributed by atoms with E-state index in [4.69, 9.17) is 4.42 Å². The van der Waals surface area contributed by atoms with Gasteiger partial charge in [0.05, 0.1) is 16.7 Å². The summed E-state index contributed by atoms with van der Waals surface area (Å²) in [6.07, 6.45) is 0. The predicted molar refractivity (Wildman–Crippen MR) is 247 cm³/mol. The van der Waals surface area contributed by atoms with E-state index in [1.54, 1.807) is 0 Å². The number of hydrogen-bond donors (Lipinski definition) is 0. The van der Waals surface area contributed by atoms with E-state index in [0.717, 1.165) is 66.9 Å². The molecule has 58 heavy (non-hydrogen) atoms. The highest BCUT2D eigenvalue weighted by Crippen LogP contribution is 2.46. The van der Waals surface area contributed by atoms with E-state index in [1.165, 1.54) is 42.0 Å². The van der Waals surface area contributed by atoms with Gasteiger partial charge in [-0.25, -0.2) is 0 Å². The first-order valence-corrected chi connectivity index (χ1v) is 20.5. The van der Waals surface area contributed by atoms with Crippen molar-refractivity contribution in [2.45, 2.75) is 0 Å². The molecule has 0 radical (unpaired) electrons. The zero-order valence-corrected chi connectivity index (χ0v) is 32.2. The second-order valence-electron chi connectivity index (χ2n) is 14.9. The highest BCUT2D eigenvalue weighted by Gasteiger charge is 2.22. The van der Waals surface area contributed by atoms with Gasteiger partial charge in [-0.15, -0.1) is 11.3 Å². The first-order chi connectivity index (χ1) is 28.8. The van der Waals surface area contributed by atoms with Crippen molar-refractivity contribution < 1.29 is 4.42 Å². The van der Waals surface area contributed by atoms with Crippen LogP contribution in [0.5, 0.6) is 0 Å². The Morgan fingerprint density at radius 1 is 0.414 bits per heavy atom. The van der Waals surface area contributed by atoms with E-state index >= 15 is 0 Å². The lowest BCUT2D eigenvalue weighted by Crippen LogP contribution is -2.10. The Balaban J connectivity index is 1.04. The first kappa shape index (κ1) is 32.8. The second-order valence-corrected chi connectivity index (χ2v) is 16.0. The summed E-state index contributed by atoms with van der Waals surface area (Å²) >= 11 is 1.85. The Kier molecular flexibility index (Phi) is 7.40. The zero-order chi connectivity index (χ0) is 38.2. The number of thiophene rings is 1. The highest BCUT2D eigenvalue weighted by molar-refractivity contribution is 7.25. The van der Waals surface area contributed by atoms with Crippen LogP contribution in [0.1, 0.15) is 0 Å². The van der Waals surface area contributed by atoms with Gasteiger partial charge >= 0.3 is 0 Å². The molecule has 4 heteroatoms. The van der Waals surface area contributed by atoms with Crippen molar-refractivity contribution in [2.24, 2.45) is 0 Å². The maximum absolute atomic E-state index is 6.52. The van der Waals surface area contributed by atoms with Crippen molar-refractivity contribution in [3.63, 3.8) is 0 Å². The molecule has 12 rings (SSSR count). The lowest BCUT2D eigenvalue weighted by molar-refractivity contribution is 0.670. The topological polar surface area (TPSA) is 21.3 Å². The molecule has 0 unspecified atom stereocenters. The van der Waals surface area contributed by atoms with Gasteiger partial charge in [0.15, 0.2) is 0 Å². The van der Waals surface area contributed by atoms with Crippen LogP contribution in [-0.2, 0) is 0 Å². The quantitative estimate of drug-likeness (QED) is 0.168. The van der Waals surface area contributed by atoms with Crippen LogP contribution in [0.15, 0.2) is 211 Å². The van der Waals surface area contributed by atoms with E-state index < -0.39 is 0 Å². The maximum atomic E-state index is 6.52. The third-order valence-corrected chi connectivity index (χ3v) is 12.7. The zero-order valence-electron chi connectivity index (χ0n) is 31.3. The number of fused-ring (bicyclic) bond motifs is 9. The lowest BCUT2D eigenvalue weighted by Gasteiger charge is -2.27. The van der Waals surface area contributed by atoms with Crippen LogP contribution >= 0.6 is 11.3 Å². The van der Waals surface area contributed by atoms with E-state index in [1.807, 2.05) is 17.4 Å². The molecule has 0 amide bonds. The third kappa shape index (κ3) is 5.12. The molecule has 0 N–H and O–H groups in total. The molecule has 0 bridgehead atoms. The summed E-state index contributed by atoms with van der Waals surface area (Å²) in [5.41, 5.74) is 13.2. The van der Waals surface area contributed by atoms with Gasteiger partial charge in [0.2, 0.25) is 0 Å². The highest BCUT2D eigenvalue weighted by atomic mass is 32.1. The smallest absolute Gasteiger partial charge is 0.143 e. The molecule has 0 aliphatic heterocycles. The summed E-state index contributed by atoms with van der Waals surface area (Å²) in [7, 11) is 0. The van der Waals surface area contributed by atoms with Gasteiger partial charge in [-0.3, -0.25) is 0 Å². The SMILES string of the molecule is c1ccc(-c2cccc3c2oc2ccc(-c4ccc(N(c5ccc6sc7ccccc7c6c5)c5cccc6c5c5ccccc5n6-c5ccccc5)cc4)cc23)cc1. The molecule has 0 saturated heterocycles. The summed E-state index contributed by atoms with van der Waals surface area (Å²) in [5.74, 6) is 0. The number of rotatable bonds is 6. The van der Waals surface area contributed by atoms with Crippen molar-refractivity contribution in [1.29, 1.82) is 0 Å². The predicted octanol–water partition coefficient (Wildman–Crippen LogP) is 15.9. The molecule has 0 spiro atoms. The van der Waals surface area contributed by atoms with Crippen LogP contribution in [0.4, 0.5) is 17.1 Å². The average Bonchev–Trinajstić information content (AvgIpc) is 3.97. The van der Waals surface area contributed by atoms with Gasteiger partial charge in [0.25, 0.3) is 0 Å². The van der Waals surface area contributed by atoms with Crippen LogP contribution in [0.3, 0.4) is 0 Å². The van der Waals surface area contributed by atoms with Crippen molar-refractivity contribution in [2.75, 3.05) is 4.90 Å². The van der Waals surface area contributed by atoms with Crippen LogP contribution < -0.4 is 4.90 Å². The molecule has 0 aliphatic rings. The van der Waals surface area contributed by atoms with Crippen molar-refractivity contribution >= 4 is 92.3 Å². The van der Waals surface area contributed by atoms with E-state index in [2.05, 4.69) is 210 Å². The Bertz CT molecular complexity index is 3500.